The maximum atomic E-state index is 5.74. The van der Waals surface area contributed by atoms with Crippen molar-refractivity contribution in [2.24, 2.45) is 0 Å². The average molecular weight is 258 g/mol. The largest absolute Gasteiger partial charge is 0.436 e. The van der Waals surface area contributed by atoms with Crippen LogP contribution in [-0.2, 0) is 0 Å². The van der Waals surface area contributed by atoms with E-state index in [9.17, 15) is 0 Å². The maximum absolute atomic E-state index is 5.74. The van der Waals surface area contributed by atoms with E-state index >= 15 is 0 Å². The lowest BCUT2D eigenvalue weighted by molar-refractivity contribution is 0.459. The van der Waals surface area contributed by atoms with E-state index in [0.29, 0.717) is 16.8 Å². The Morgan fingerprint density at radius 1 is 1.06 bits per heavy atom. The molecule has 18 heavy (non-hydrogen) atoms. The monoisotopic (exact) mass is 257 g/mol. The summed E-state index contributed by atoms with van der Waals surface area (Å²) in [4.78, 5) is 12.2. The molecule has 0 spiro atoms. The molecule has 0 fully saturated rings. The quantitative estimate of drug-likeness (QED) is 0.705. The van der Waals surface area contributed by atoms with E-state index in [1.54, 1.807) is 6.20 Å². The molecule has 0 unspecified atom stereocenters. The molecule has 0 saturated heterocycles. The average Bonchev–Trinajstić information content (AvgIpc) is 2.39. The van der Waals surface area contributed by atoms with Crippen molar-refractivity contribution in [3.8, 4) is 11.6 Å². The molecule has 0 atom stereocenters. The van der Waals surface area contributed by atoms with Gasteiger partial charge in [-0.3, -0.25) is 9.97 Å². The number of aromatic nitrogens is 3. The Morgan fingerprint density at radius 3 is 2.83 bits per heavy atom. The number of pyridine rings is 1. The molecule has 0 aliphatic rings. The first-order valence-corrected chi connectivity index (χ1v) is 5.69. The number of nitrogens with zero attached hydrogens (tertiary/aromatic N) is 3. The summed E-state index contributed by atoms with van der Waals surface area (Å²) < 4.78 is 5.55. The van der Waals surface area contributed by atoms with Gasteiger partial charge in [-0.2, -0.15) is 4.98 Å². The van der Waals surface area contributed by atoms with Crippen molar-refractivity contribution in [3.63, 3.8) is 0 Å². The molecule has 5 heteroatoms. The van der Waals surface area contributed by atoms with Crippen LogP contribution < -0.4 is 4.74 Å². The summed E-state index contributed by atoms with van der Waals surface area (Å²) in [7, 11) is 0. The number of hydrogen-bond donors (Lipinski definition) is 0. The Hall–Kier alpha value is -2.20. The number of fused-ring (bicyclic) bond motifs is 1. The third kappa shape index (κ3) is 2.24. The Morgan fingerprint density at radius 2 is 1.94 bits per heavy atom. The SMILES string of the molecule is Clc1cncc(Oc2cnc3ccccc3c2)n1. The molecule has 3 rings (SSSR count). The van der Waals surface area contributed by atoms with Crippen LogP contribution in [0.3, 0.4) is 0 Å². The van der Waals surface area contributed by atoms with Gasteiger partial charge in [-0.05, 0) is 12.1 Å². The smallest absolute Gasteiger partial charge is 0.239 e. The summed E-state index contributed by atoms with van der Waals surface area (Å²) in [5, 5.41) is 1.30. The number of halogens is 1. The zero-order chi connectivity index (χ0) is 12.4. The van der Waals surface area contributed by atoms with Gasteiger partial charge < -0.3 is 4.74 Å². The van der Waals surface area contributed by atoms with Gasteiger partial charge in [-0.25, -0.2) is 0 Å². The molecule has 88 valence electrons. The van der Waals surface area contributed by atoms with Crippen molar-refractivity contribution in [2.75, 3.05) is 0 Å². The summed E-state index contributed by atoms with van der Waals surface area (Å²) in [5.41, 5.74) is 0.919. The van der Waals surface area contributed by atoms with Crippen LogP contribution >= 0.6 is 11.6 Å². The van der Waals surface area contributed by atoms with Crippen molar-refractivity contribution in [3.05, 3.63) is 54.1 Å². The van der Waals surface area contributed by atoms with Crippen LogP contribution in [0.15, 0.2) is 48.9 Å². The molecule has 1 aromatic carbocycles. The zero-order valence-corrected chi connectivity index (χ0v) is 10.0. The predicted octanol–water partition coefficient (Wildman–Crippen LogP) is 3.47. The highest BCUT2D eigenvalue weighted by atomic mass is 35.5. The van der Waals surface area contributed by atoms with Crippen molar-refractivity contribution < 1.29 is 4.74 Å². The third-order valence-corrected chi connectivity index (χ3v) is 2.55. The van der Waals surface area contributed by atoms with Crippen molar-refractivity contribution in [1.29, 1.82) is 0 Å². The number of para-hydroxylation sites is 1. The first-order valence-electron chi connectivity index (χ1n) is 5.31. The molecular weight excluding hydrogens is 250 g/mol. The topological polar surface area (TPSA) is 47.9 Å². The van der Waals surface area contributed by atoms with Gasteiger partial charge in [0.2, 0.25) is 5.88 Å². The molecule has 0 N–H and O–H groups in total. The van der Waals surface area contributed by atoms with Crippen molar-refractivity contribution in [2.45, 2.75) is 0 Å². The fourth-order valence-electron chi connectivity index (χ4n) is 1.60. The fourth-order valence-corrected chi connectivity index (χ4v) is 1.74. The summed E-state index contributed by atoms with van der Waals surface area (Å²) in [6, 6.07) is 9.70. The van der Waals surface area contributed by atoms with E-state index < -0.39 is 0 Å². The summed E-state index contributed by atoms with van der Waals surface area (Å²) >= 11 is 5.74. The molecule has 2 heterocycles. The van der Waals surface area contributed by atoms with Crippen molar-refractivity contribution in [1.82, 2.24) is 15.0 Å². The summed E-state index contributed by atoms with van der Waals surface area (Å²) in [5.74, 6) is 0.949. The van der Waals surface area contributed by atoms with Crippen molar-refractivity contribution >= 4 is 22.5 Å². The van der Waals surface area contributed by atoms with Gasteiger partial charge in [0.25, 0.3) is 0 Å². The molecule has 3 aromatic rings. The second kappa shape index (κ2) is 4.58. The lowest BCUT2D eigenvalue weighted by Gasteiger charge is -2.04. The summed E-state index contributed by atoms with van der Waals surface area (Å²) in [6.07, 6.45) is 4.60. The highest BCUT2D eigenvalue weighted by Crippen LogP contribution is 2.22. The molecule has 0 radical (unpaired) electrons. The molecule has 2 aromatic heterocycles. The van der Waals surface area contributed by atoms with E-state index in [2.05, 4.69) is 15.0 Å². The molecule has 4 nitrogen and oxygen atoms in total. The highest BCUT2D eigenvalue weighted by molar-refractivity contribution is 6.29. The van der Waals surface area contributed by atoms with E-state index in [1.165, 1.54) is 12.4 Å². The van der Waals surface area contributed by atoms with Gasteiger partial charge in [-0.15, -0.1) is 0 Å². The molecular formula is C13H8ClN3O. The zero-order valence-electron chi connectivity index (χ0n) is 9.25. The van der Waals surface area contributed by atoms with Gasteiger partial charge in [0.1, 0.15) is 5.75 Å². The van der Waals surface area contributed by atoms with Crippen LogP contribution in [0.4, 0.5) is 0 Å². The van der Waals surface area contributed by atoms with Gasteiger partial charge in [0, 0.05) is 5.39 Å². The summed E-state index contributed by atoms with van der Waals surface area (Å²) in [6.45, 7) is 0. The third-order valence-electron chi connectivity index (χ3n) is 2.37. The van der Waals surface area contributed by atoms with Gasteiger partial charge in [0.05, 0.1) is 24.1 Å². The Bertz CT molecular complexity index is 702. The van der Waals surface area contributed by atoms with Crippen LogP contribution in [-0.4, -0.2) is 15.0 Å². The number of benzene rings is 1. The fraction of sp³-hybridized carbons (Fsp3) is 0. The van der Waals surface area contributed by atoms with Gasteiger partial charge in [0.15, 0.2) is 5.15 Å². The highest BCUT2D eigenvalue weighted by Gasteiger charge is 2.02. The van der Waals surface area contributed by atoms with Crippen LogP contribution in [0.25, 0.3) is 10.9 Å². The Kier molecular flexibility index (Phi) is 2.78. The Labute approximate surface area is 108 Å². The van der Waals surface area contributed by atoms with Crippen LogP contribution in [0.5, 0.6) is 11.6 Å². The van der Waals surface area contributed by atoms with E-state index in [0.717, 1.165) is 10.9 Å². The second-order valence-corrected chi connectivity index (χ2v) is 4.03. The van der Waals surface area contributed by atoms with Gasteiger partial charge in [-0.1, -0.05) is 29.8 Å². The minimum atomic E-state index is 0.293. The number of rotatable bonds is 2. The lowest BCUT2D eigenvalue weighted by Crippen LogP contribution is -1.90. The predicted molar refractivity (Wildman–Crippen MR) is 68.9 cm³/mol. The Balaban J connectivity index is 1.95. The van der Waals surface area contributed by atoms with Gasteiger partial charge >= 0.3 is 0 Å². The maximum Gasteiger partial charge on any atom is 0.239 e. The van der Waals surface area contributed by atoms with E-state index in [-0.39, 0.29) is 0 Å². The normalized spacial score (nSPS) is 10.5. The second-order valence-electron chi connectivity index (χ2n) is 3.65. The van der Waals surface area contributed by atoms with E-state index in [4.69, 9.17) is 16.3 Å². The van der Waals surface area contributed by atoms with Crippen LogP contribution in [0.1, 0.15) is 0 Å². The molecule has 0 aliphatic heterocycles. The first-order chi connectivity index (χ1) is 8.81. The lowest BCUT2D eigenvalue weighted by atomic mass is 10.2. The number of hydrogen-bond acceptors (Lipinski definition) is 4. The standard InChI is InChI=1S/C13H8ClN3O/c14-12-7-15-8-13(17-12)18-10-5-9-3-1-2-4-11(9)16-6-10/h1-8H. The molecule has 0 amide bonds. The molecule has 0 aliphatic carbocycles. The number of ether oxygens (including phenoxy) is 1. The van der Waals surface area contributed by atoms with Crippen LogP contribution in [0, 0.1) is 0 Å². The van der Waals surface area contributed by atoms with E-state index in [1.807, 2.05) is 30.3 Å². The van der Waals surface area contributed by atoms with Crippen LogP contribution in [0.2, 0.25) is 5.15 Å². The molecule has 0 saturated carbocycles. The minimum Gasteiger partial charge on any atom is -0.436 e. The minimum absolute atomic E-state index is 0.293. The first kappa shape index (κ1) is 10.9. The molecule has 0 bridgehead atoms.